The molecule has 1 aromatic carbocycles. The molecule has 0 spiro atoms. The first kappa shape index (κ1) is 18.8. The van der Waals surface area contributed by atoms with Gasteiger partial charge in [0.15, 0.2) is 11.5 Å². The van der Waals surface area contributed by atoms with Crippen LogP contribution in [0.1, 0.15) is 61.3 Å². The summed E-state index contributed by atoms with van der Waals surface area (Å²) in [5.74, 6) is 0.372. The average molecular weight is 401 g/mol. The highest BCUT2D eigenvalue weighted by atomic mass is 16.5. The molecule has 30 heavy (non-hydrogen) atoms. The van der Waals surface area contributed by atoms with Crippen molar-refractivity contribution >= 4 is 5.65 Å². The Hall–Kier alpha value is -3.16. The van der Waals surface area contributed by atoms with Gasteiger partial charge in [0, 0.05) is 24.2 Å². The van der Waals surface area contributed by atoms with Gasteiger partial charge in [-0.25, -0.2) is 15.0 Å². The van der Waals surface area contributed by atoms with Gasteiger partial charge in [-0.05, 0) is 38.8 Å². The van der Waals surface area contributed by atoms with Crippen LogP contribution in [0.15, 0.2) is 49.1 Å². The summed E-state index contributed by atoms with van der Waals surface area (Å²) in [6.07, 6.45) is 6.90. The fraction of sp³-hybridized carbons (Fsp3) is 0.304. The molecular formula is C23H23N5O2. The summed E-state index contributed by atoms with van der Waals surface area (Å²) in [6, 6.07) is 8.32. The molecule has 1 aliphatic heterocycles. The van der Waals surface area contributed by atoms with E-state index in [0.717, 1.165) is 28.3 Å². The van der Waals surface area contributed by atoms with Crippen molar-refractivity contribution in [3.8, 4) is 11.3 Å². The number of aryl methyl sites for hydroxylation is 1. The Morgan fingerprint density at radius 3 is 2.43 bits per heavy atom. The highest BCUT2D eigenvalue weighted by molar-refractivity contribution is 5.58. The summed E-state index contributed by atoms with van der Waals surface area (Å²) in [5.41, 5.74) is 5.46. The van der Waals surface area contributed by atoms with E-state index in [2.05, 4.69) is 34.0 Å². The van der Waals surface area contributed by atoms with E-state index in [0.29, 0.717) is 5.82 Å². The number of imidazole rings is 1. The van der Waals surface area contributed by atoms with Crippen molar-refractivity contribution in [2.75, 3.05) is 0 Å². The number of aliphatic hydroxyl groups is 1. The third kappa shape index (κ3) is 2.98. The summed E-state index contributed by atoms with van der Waals surface area (Å²) in [4.78, 5) is 17.8. The van der Waals surface area contributed by atoms with Crippen LogP contribution in [-0.2, 0) is 10.3 Å². The maximum Gasteiger partial charge on any atom is 0.159 e. The van der Waals surface area contributed by atoms with Gasteiger partial charge in [-0.2, -0.15) is 0 Å². The van der Waals surface area contributed by atoms with Crippen molar-refractivity contribution in [2.45, 2.75) is 45.5 Å². The minimum Gasteiger partial charge on any atom is -0.382 e. The maximum atomic E-state index is 10.1. The lowest BCUT2D eigenvalue weighted by atomic mass is 10.0. The van der Waals surface area contributed by atoms with Gasteiger partial charge >= 0.3 is 0 Å². The number of hydrogen-bond acceptors (Lipinski definition) is 6. The topological polar surface area (TPSA) is 85.4 Å². The standard InChI is InChI=1S/C23H23N5O2/c1-13-20(21-17-8-6-5-7-16(17)14(2)30-21)28-12-18(24-11-19(28)27-13)15-9-25-22(26-10-15)23(3,4)29/h5-12,14,21,29H,1-4H3/t14-,21?/m0/s1. The number of hydrogen-bond donors (Lipinski definition) is 1. The quantitative estimate of drug-likeness (QED) is 0.560. The summed E-state index contributed by atoms with van der Waals surface area (Å²) >= 11 is 0. The van der Waals surface area contributed by atoms with Crippen LogP contribution < -0.4 is 0 Å². The smallest absolute Gasteiger partial charge is 0.159 e. The van der Waals surface area contributed by atoms with E-state index < -0.39 is 5.60 Å². The number of rotatable bonds is 3. The van der Waals surface area contributed by atoms with Gasteiger partial charge < -0.3 is 9.84 Å². The van der Waals surface area contributed by atoms with Gasteiger partial charge in [-0.15, -0.1) is 0 Å². The van der Waals surface area contributed by atoms with Crippen LogP contribution in [0, 0.1) is 6.92 Å². The summed E-state index contributed by atoms with van der Waals surface area (Å²) in [6.45, 7) is 7.39. The molecule has 0 saturated heterocycles. The Morgan fingerprint density at radius 2 is 1.73 bits per heavy atom. The van der Waals surface area contributed by atoms with Crippen LogP contribution >= 0.6 is 0 Å². The van der Waals surface area contributed by atoms with Gasteiger partial charge in [0.1, 0.15) is 11.7 Å². The van der Waals surface area contributed by atoms with E-state index >= 15 is 0 Å². The third-order valence-corrected chi connectivity index (χ3v) is 5.53. The Labute approximate surface area is 174 Å². The Balaban J connectivity index is 1.61. The van der Waals surface area contributed by atoms with Crippen molar-refractivity contribution in [3.63, 3.8) is 0 Å². The molecule has 4 heterocycles. The molecule has 152 valence electrons. The first-order valence-corrected chi connectivity index (χ1v) is 9.97. The lowest BCUT2D eigenvalue weighted by Crippen LogP contribution is -2.19. The molecule has 1 unspecified atom stereocenters. The van der Waals surface area contributed by atoms with Gasteiger partial charge in [0.2, 0.25) is 0 Å². The Bertz CT molecular complexity index is 1240. The fourth-order valence-electron chi connectivity index (χ4n) is 4.01. The van der Waals surface area contributed by atoms with Crippen LogP contribution in [0.2, 0.25) is 0 Å². The van der Waals surface area contributed by atoms with E-state index in [1.165, 1.54) is 11.1 Å². The predicted molar refractivity (Wildman–Crippen MR) is 112 cm³/mol. The highest BCUT2D eigenvalue weighted by Gasteiger charge is 2.33. The van der Waals surface area contributed by atoms with Crippen molar-refractivity contribution < 1.29 is 9.84 Å². The zero-order valence-corrected chi connectivity index (χ0v) is 17.4. The first-order valence-electron chi connectivity index (χ1n) is 9.97. The summed E-state index contributed by atoms with van der Waals surface area (Å²) in [5, 5.41) is 10.1. The van der Waals surface area contributed by atoms with Crippen LogP contribution in [0.25, 0.3) is 16.9 Å². The molecule has 2 atom stereocenters. The van der Waals surface area contributed by atoms with Crippen molar-refractivity contribution in [2.24, 2.45) is 0 Å². The van der Waals surface area contributed by atoms with Crippen LogP contribution in [0.4, 0.5) is 0 Å². The SMILES string of the molecule is Cc1nc2cnc(-c3cnc(C(C)(C)O)nc3)cn2c1C1O[C@@H](C)c2ccccc21. The lowest BCUT2D eigenvalue weighted by Gasteiger charge is -2.15. The number of benzene rings is 1. The van der Waals surface area contributed by atoms with Crippen LogP contribution in [0.3, 0.4) is 0 Å². The van der Waals surface area contributed by atoms with E-state index in [1.54, 1.807) is 32.4 Å². The number of nitrogens with zero attached hydrogens (tertiary/aromatic N) is 5. The molecule has 7 heteroatoms. The number of ether oxygens (including phenoxy) is 1. The second-order valence-corrected chi connectivity index (χ2v) is 8.22. The molecule has 0 bridgehead atoms. The molecule has 0 saturated carbocycles. The minimum absolute atomic E-state index is 0.0280. The number of fused-ring (bicyclic) bond motifs is 2. The van der Waals surface area contributed by atoms with Gasteiger partial charge in [-0.1, -0.05) is 24.3 Å². The second kappa shape index (κ2) is 6.68. The normalized spacial score (nSPS) is 18.7. The molecule has 0 radical (unpaired) electrons. The molecule has 5 rings (SSSR count). The molecule has 0 fully saturated rings. The van der Waals surface area contributed by atoms with Crippen molar-refractivity contribution in [3.05, 3.63) is 77.4 Å². The predicted octanol–water partition coefficient (Wildman–Crippen LogP) is 3.90. The minimum atomic E-state index is -1.09. The zero-order chi connectivity index (χ0) is 21.0. The molecule has 0 amide bonds. The van der Waals surface area contributed by atoms with Crippen molar-refractivity contribution in [1.29, 1.82) is 0 Å². The summed E-state index contributed by atoms with van der Waals surface area (Å²) in [7, 11) is 0. The first-order chi connectivity index (χ1) is 14.3. The van der Waals surface area contributed by atoms with E-state index in [1.807, 2.05) is 29.7 Å². The molecule has 3 aromatic heterocycles. The molecule has 4 aromatic rings. The Kier molecular flexibility index (Phi) is 4.20. The Morgan fingerprint density at radius 1 is 1.03 bits per heavy atom. The van der Waals surface area contributed by atoms with Crippen LogP contribution in [0.5, 0.6) is 0 Å². The molecule has 0 aliphatic carbocycles. The van der Waals surface area contributed by atoms with E-state index in [-0.39, 0.29) is 12.2 Å². The van der Waals surface area contributed by atoms with Gasteiger partial charge in [-0.3, -0.25) is 9.38 Å². The second-order valence-electron chi connectivity index (χ2n) is 8.22. The molecular weight excluding hydrogens is 378 g/mol. The highest BCUT2D eigenvalue weighted by Crippen LogP contribution is 2.43. The molecule has 7 nitrogen and oxygen atoms in total. The average Bonchev–Trinajstić information content (AvgIpc) is 3.23. The number of aromatic nitrogens is 5. The van der Waals surface area contributed by atoms with Gasteiger partial charge in [0.05, 0.1) is 29.4 Å². The summed E-state index contributed by atoms with van der Waals surface area (Å²) < 4.78 is 8.37. The monoisotopic (exact) mass is 401 g/mol. The zero-order valence-electron chi connectivity index (χ0n) is 17.4. The van der Waals surface area contributed by atoms with Crippen LogP contribution in [-0.4, -0.2) is 29.4 Å². The maximum absolute atomic E-state index is 10.1. The lowest BCUT2D eigenvalue weighted by molar-refractivity contribution is 0.0423. The van der Waals surface area contributed by atoms with Gasteiger partial charge in [0.25, 0.3) is 0 Å². The molecule has 1 N–H and O–H groups in total. The molecule has 1 aliphatic rings. The third-order valence-electron chi connectivity index (χ3n) is 5.53. The van der Waals surface area contributed by atoms with E-state index in [4.69, 9.17) is 9.72 Å². The fourth-order valence-corrected chi connectivity index (χ4v) is 4.01. The largest absolute Gasteiger partial charge is 0.382 e. The van der Waals surface area contributed by atoms with Crippen molar-refractivity contribution in [1.82, 2.24) is 24.3 Å². The van der Waals surface area contributed by atoms with E-state index in [9.17, 15) is 5.11 Å².